The molecular formula is C25H22F4N2O2. The van der Waals surface area contributed by atoms with Crippen molar-refractivity contribution in [1.29, 1.82) is 0 Å². The number of amides is 1. The molecule has 0 bridgehead atoms. The van der Waals surface area contributed by atoms with E-state index in [0.29, 0.717) is 29.8 Å². The van der Waals surface area contributed by atoms with Gasteiger partial charge >= 0.3 is 6.18 Å². The van der Waals surface area contributed by atoms with E-state index < -0.39 is 11.9 Å². The molecule has 2 heterocycles. The largest absolute Gasteiger partial charge is 0.493 e. The van der Waals surface area contributed by atoms with E-state index in [1.807, 2.05) is 12.1 Å². The first-order valence-corrected chi connectivity index (χ1v) is 10.6. The van der Waals surface area contributed by atoms with Crippen molar-refractivity contribution in [2.45, 2.75) is 31.9 Å². The molecule has 0 aliphatic carbocycles. The van der Waals surface area contributed by atoms with Crippen molar-refractivity contribution in [1.82, 2.24) is 4.98 Å². The summed E-state index contributed by atoms with van der Waals surface area (Å²) in [7, 11) is 0. The summed E-state index contributed by atoms with van der Waals surface area (Å²) in [5.41, 5.74) is 2.00. The van der Waals surface area contributed by atoms with Gasteiger partial charge in [0, 0.05) is 18.4 Å². The van der Waals surface area contributed by atoms with Gasteiger partial charge in [0.25, 0.3) is 0 Å². The lowest BCUT2D eigenvalue weighted by molar-refractivity contribution is -0.141. The first-order valence-electron chi connectivity index (χ1n) is 10.6. The molecule has 0 saturated heterocycles. The Hall–Kier alpha value is -3.42. The molecule has 8 heteroatoms. The molecule has 0 radical (unpaired) electrons. The highest BCUT2D eigenvalue weighted by Gasteiger charge is 2.32. The number of carbonyl (C=O) groups is 1. The molecule has 1 aliphatic heterocycles. The number of carbonyl (C=O) groups excluding carboxylic acids is 1. The molecule has 0 fully saturated rings. The second-order valence-electron chi connectivity index (χ2n) is 7.89. The van der Waals surface area contributed by atoms with Crippen LogP contribution in [0.5, 0.6) is 5.75 Å². The maximum Gasteiger partial charge on any atom is 0.433 e. The maximum atomic E-state index is 13.2. The Morgan fingerprint density at radius 3 is 2.48 bits per heavy atom. The van der Waals surface area contributed by atoms with Crippen LogP contribution in [0.1, 0.15) is 28.8 Å². The molecule has 3 aromatic rings. The topological polar surface area (TPSA) is 42.4 Å². The third-order valence-electron chi connectivity index (χ3n) is 5.51. The van der Waals surface area contributed by atoms with E-state index in [2.05, 4.69) is 4.98 Å². The van der Waals surface area contributed by atoms with Crippen molar-refractivity contribution in [2.75, 3.05) is 18.1 Å². The van der Waals surface area contributed by atoms with E-state index in [1.165, 1.54) is 24.4 Å². The van der Waals surface area contributed by atoms with Crippen molar-refractivity contribution in [3.63, 3.8) is 0 Å². The van der Waals surface area contributed by atoms with Gasteiger partial charge < -0.3 is 9.64 Å². The maximum absolute atomic E-state index is 13.2. The van der Waals surface area contributed by atoms with E-state index in [4.69, 9.17) is 4.74 Å². The molecule has 0 spiro atoms. The molecular weight excluding hydrogens is 436 g/mol. The molecule has 33 heavy (non-hydrogen) atoms. The molecule has 0 N–H and O–H groups in total. The summed E-state index contributed by atoms with van der Waals surface area (Å²) in [6.45, 7) is 0.910. The normalized spacial score (nSPS) is 13.2. The second-order valence-corrected chi connectivity index (χ2v) is 7.89. The van der Waals surface area contributed by atoms with E-state index in [9.17, 15) is 22.4 Å². The van der Waals surface area contributed by atoms with Crippen molar-refractivity contribution in [3.8, 4) is 5.75 Å². The van der Waals surface area contributed by atoms with Crippen LogP contribution in [0.3, 0.4) is 0 Å². The average molecular weight is 458 g/mol. The van der Waals surface area contributed by atoms with Crippen LogP contribution in [0.15, 0.2) is 60.8 Å². The minimum absolute atomic E-state index is 0.0686. The Balaban J connectivity index is 1.55. The van der Waals surface area contributed by atoms with Crippen LogP contribution in [0.2, 0.25) is 0 Å². The summed E-state index contributed by atoms with van der Waals surface area (Å²) in [6.07, 6.45) is -1.19. The fourth-order valence-corrected chi connectivity index (χ4v) is 3.77. The third kappa shape index (κ3) is 5.69. The van der Waals surface area contributed by atoms with Crippen LogP contribution in [0.25, 0.3) is 0 Å². The van der Waals surface area contributed by atoms with E-state index >= 15 is 0 Å². The van der Waals surface area contributed by atoms with Gasteiger partial charge in [0.2, 0.25) is 5.91 Å². The number of benzene rings is 2. The van der Waals surface area contributed by atoms with E-state index in [1.54, 1.807) is 23.1 Å². The molecule has 4 rings (SSSR count). The van der Waals surface area contributed by atoms with Crippen molar-refractivity contribution in [3.05, 3.63) is 89.0 Å². The minimum atomic E-state index is -4.50. The quantitative estimate of drug-likeness (QED) is 0.466. The van der Waals surface area contributed by atoms with Crippen LogP contribution in [-0.2, 0) is 30.2 Å². The number of rotatable bonds is 6. The number of nitrogens with zero attached hydrogens (tertiary/aromatic N) is 2. The smallest absolute Gasteiger partial charge is 0.433 e. The van der Waals surface area contributed by atoms with Gasteiger partial charge in [0.05, 0.1) is 13.0 Å². The zero-order valence-electron chi connectivity index (χ0n) is 17.7. The van der Waals surface area contributed by atoms with E-state index in [0.717, 1.165) is 30.2 Å². The van der Waals surface area contributed by atoms with Crippen LogP contribution in [0.4, 0.5) is 23.2 Å². The fraction of sp³-hybridized carbons (Fsp3) is 0.280. The van der Waals surface area contributed by atoms with Gasteiger partial charge in [-0.05, 0) is 72.4 Å². The van der Waals surface area contributed by atoms with Gasteiger partial charge in [-0.3, -0.25) is 9.78 Å². The summed E-state index contributed by atoms with van der Waals surface area (Å²) in [6, 6.07) is 13.6. The number of anilines is 1. The van der Waals surface area contributed by atoms with E-state index in [-0.39, 0.29) is 24.7 Å². The number of hydrogen-bond acceptors (Lipinski definition) is 3. The lowest BCUT2D eigenvalue weighted by atomic mass is 10.0. The number of alkyl halides is 3. The van der Waals surface area contributed by atoms with Crippen molar-refractivity contribution < 1.29 is 27.1 Å². The summed E-state index contributed by atoms with van der Waals surface area (Å²) >= 11 is 0. The highest BCUT2D eigenvalue weighted by atomic mass is 19.4. The second kappa shape index (κ2) is 9.60. The Morgan fingerprint density at radius 1 is 1.03 bits per heavy atom. The predicted octanol–water partition coefficient (Wildman–Crippen LogP) is 5.38. The predicted molar refractivity (Wildman–Crippen MR) is 116 cm³/mol. The number of pyridine rings is 1. The summed E-state index contributed by atoms with van der Waals surface area (Å²) in [4.78, 5) is 18.3. The van der Waals surface area contributed by atoms with Crippen LogP contribution < -0.4 is 9.64 Å². The van der Waals surface area contributed by atoms with Gasteiger partial charge in [-0.15, -0.1) is 0 Å². The lowest BCUT2D eigenvalue weighted by Crippen LogP contribution is -2.34. The Kier molecular flexibility index (Phi) is 6.62. The molecule has 2 aromatic carbocycles. The number of halogens is 4. The highest BCUT2D eigenvalue weighted by Crippen LogP contribution is 2.30. The standard InChI is InChI=1S/C25H22F4N2O2/c26-20-6-3-17(4-7-20)14-24(32)31(21-8-9-22-19(15-21)2-1-13-33-22)12-11-18-5-10-23(30-16-18)25(27,28)29/h3-10,15-16H,1-2,11-14H2. The molecule has 4 nitrogen and oxygen atoms in total. The summed E-state index contributed by atoms with van der Waals surface area (Å²) in [5.74, 6) is 0.216. The number of fused-ring (bicyclic) bond motifs is 1. The Morgan fingerprint density at radius 2 is 1.79 bits per heavy atom. The zero-order chi connectivity index (χ0) is 23.4. The highest BCUT2D eigenvalue weighted by molar-refractivity contribution is 5.95. The SMILES string of the molecule is O=C(Cc1ccc(F)cc1)N(CCc1ccc(C(F)(F)F)nc1)c1ccc2c(c1)CCCO2. The van der Waals surface area contributed by atoms with Gasteiger partial charge in [-0.1, -0.05) is 18.2 Å². The molecule has 1 aliphatic rings. The first kappa shape index (κ1) is 22.8. The van der Waals surface area contributed by atoms with Gasteiger partial charge in [-0.2, -0.15) is 13.2 Å². The molecule has 0 saturated carbocycles. The molecule has 1 amide bonds. The number of aromatic nitrogens is 1. The average Bonchev–Trinajstić information content (AvgIpc) is 2.80. The summed E-state index contributed by atoms with van der Waals surface area (Å²) < 4.78 is 57.2. The number of hydrogen-bond donors (Lipinski definition) is 0. The zero-order valence-corrected chi connectivity index (χ0v) is 17.7. The Labute approximate surface area is 188 Å². The number of ether oxygens (including phenoxy) is 1. The van der Waals surface area contributed by atoms with Crippen LogP contribution in [-0.4, -0.2) is 24.0 Å². The van der Waals surface area contributed by atoms with Crippen LogP contribution in [0, 0.1) is 5.82 Å². The molecule has 1 aromatic heterocycles. The van der Waals surface area contributed by atoms with Gasteiger partial charge in [0.15, 0.2) is 0 Å². The van der Waals surface area contributed by atoms with Gasteiger partial charge in [-0.25, -0.2) is 4.39 Å². The minimum Gasteiger partial charge on any atom is -0.493 e. The fourth-order valence-electron chi connectivity index (χ4n) is 3.77. The van der Waals surface area contributed by atoms with Crippen LogP contribution >= 0.6 is 0 Å². The monoisotopic (exact) mass is 458 g/mol. The lowest BCUT2D eigenvalue weighted by Gasteiger charge is -2.26. The summed E-state index contributed by atoms with van der Waals surface area (Å²) in [5, 5.41) is 0. The third-order valence-corrected chi connectivity index (χ3v) is 5.51. The molecule has 172 valence electrons. The van der Waals surface area contributed by atoms with Crippen molar-refractivity contribution >= 4 is 11.6 Å². The van der Waals surface area contributed by atoms with Crippen molar-refractivity contribution in [2.24, 2.45) is 0 Å². The molecule has 0 atom stereocenters. The number of aryl methyl sites for hydroxylation is 1. The molecule has 0 unspecified atom stereocenters. The van der Waals surface area contributed by atoms with Gasteiger partial charge in [0.1, 0.15) is 17.3 Å². The Bertz CT molecular complexity index is 1110. The first-order chi connectivity index (χ1) is 15.8.